The van der Waals surface area contributed by atoms with E-state index < -0.39 is 0 Å². The maximum atomic E-state index is 12.6. The van der Waals surface area contributed by atoms with Crippen LogP contribution in [0.1, 0.15) is 28.5 Å². The smallest absolute Gasteiger partial charge is 0.253 e. The average molecular weight is 419 g/mol. The number of hydrogen-bond acceptors (Lipinski definition) is 3. The molecular weight excluding hydrogens is 395 g/mol. The minimum absolute atomic E-state index is 0. The molecule has 1 aromatic heterocycles. The lowest BCUT2D eigenvalue weighted by molar-refractivity contribution is 0.0709. The zero-order valence-corrected chi connectivity index (χ0v) is 17.2. The van der Waals surface area contributed by atoms with Gasteiger partial charge in [-0.25, -0.2) is 0 Å². The van der Waals surface area contributed by atoms with E-state index in [9.17, 15) is 4.79 Å². The highest BCUT2D eigenvalue weighted by Gasteiger charge is 2.21. The SMILES string of the molecule is C[C@@H]1CN(C(=O)c2ccc(/C=C/c3n[nH]c4ccccc34)cc2)CCN1.Cl.Cl. The van der Waals surface area contributed by atoms with Gasteiger partial charge in [0.25, 0.3) is 5.91 Å². The number of nitrogens with zero attached hydrogens (tertiary/aromatic N) is 2. The molecule has 5 nitrogen and oxygen atoms in total. The molecule has 3 aromatic rings. The highest BCUT2D eigenvalue weighted by atomic mass is 35.5. The molecule has 0 spiro atoms. The van der Waals surface area contributed by atoms with Crippen molar-refractivity contribution in [2.45, 2.75) is 13.0 Å². The molecule has 2 aromatic carbocycles. The first kappa shape index (κ1) is 22.0. The summed E-state index contributed by atoms with van der Waals surface area (Å²) in [6.45, 7) is 4.47. The molecule has 0 aliphatic carbocycles. The van der Waals surface area contributed by atoms with Crippen LogP contribution in [0.25, 0.3) is 23.1 Å². The van der Waals surface area contributed by atoms with Crippen molar-refractivity contribution >= 4 is 53.8 Å². The summed E-state index contributed by atoms with van der Waals surface area (Å²) in [5.74, 6) is 0.104. The molecule has 1 aliphatic heterocycles. The number of aromatic amines is 1. The Balaban J connectivity index is 0.00000140. The Morgan fingerprint density at radius 1 is 1.11 bits per heavy atom. The first-order valence-electron chi connectivity index (χ1n) is 8.94. The van der Waals surface area contributed by atoms with Crippen molar-refractivity contribution < 1.29 is 4.79 Å². The topological polar surface area (TPSA) is 61.0 Å². The third-order valence-corrected chi connectivity index (χ3v) is 4.75. The van der Waals surface area contributed by atoms with Crippen LogP contribution < -0.4 is 5.32 Å². The van der Waals surface area contributed by atoms with Gasteiger partial charge in [-0.3, -0.25) is 9.89 Å². The van der Waals surface area contributed by atoms with E-state index in [0.717, 1.165) is 47.4 Å². The molecule has 4 rings (SSSR count). The van der Waals surface area contributed by atoms with Crippen LogP contribution >= 0.6 is 24.8 Å². The molecule has 0 bridgehead atoms. The third kappa shape index (κ3) is 4.73. The van der Waals surface area contributed by atoms with Crippen molar-refractivity contribution in [3.8, 4) is 0 Å². The zero-order valence-electron chi connectivity index (χ0n) is 15.6. The molecule has 2 heterocycles. The molecule has 0 unspecified atom stereocenters. The molecule has 0 saturated carbocycles. The van der Waals surface area contributed by atoms with Crippen molar-refractivity contribution in [1.29, 1.82) is 0 Å². The number of rotatable bonds is 3. The second-order valence-electron chi connectivity index (χ2n) is 6.72. The normalized spacial score (nSPS) is 16.6. The molecule has 2 N–H and O–H groups in total. The molecule has 1 fully saturated rings. The van der Waals surface area contributed by atoms with E-state index in [1.165, 1.54) is 0 Å². The van der Waals surface area contributed by atoms with Gasteiger partial charge in [0.15, 0.2) is 0 Å². The molecule has 1 saturated heterocycles. The number of benzene rings is 2. The summed E-state index contributed by atoms with van der Waals surface area (Å²) in [7, 11) is 0. The second kappa shape index (κ2) is 9.73. The van der Waals surface area contributed by atoms with Crippen LogP contribution in [0.4, 0.5) is 0 Å². The van der Waals surface area contributed by atoms with Crippen LogP contribution in [-0.2, 0) is 0 Å². The van der Waals surface area contributed by atoms with Gasteiger partial charge in [0.05, 0.1) is 11.2 Å². The van der Waals surface area contributed by atoms with Crippen molar-refractivity contribution in [3.05, 3.63) is 65.4 Å². The summed E-state index contributed by atoms with van der Waals surface area (Å²) in [5, 5.41) is 11.8. The van der Waals surface area contributed by atoms with Crippen LogP contribution in [0.3, 0.4) is 0 Å². The van der Waals surface area contributed by atoms with Crippen LogP contribution in [-0.4, -0.2) is 46.7 Å². The average Bonchev–Trinajstić information content (AvgIpc) is 3.09. The summed E-state index contributed by atoms with van der Waals surface area (Å²) >= 11 is 0. The predicted octanol–water partition coefficient (Wildman–Crippen LogP) is 4.01. The van der Waals surface area contributed by atoms with Crippen molar-refractivity contribution in [2.24, 2.45) is 0 Å². The molecule has 1 atom stereocenters. The number of H-pyrrole nitrogens is 1. The Bertz CT molecular complexity index is 952. The summed E-state index contributed by atoms with van der Waals surface area (Å²) < 4.78 is 0. The molecule has 148 valence electrons. The lowest BCUT2D eigenvalue weighted by atomic mass is 10.1. The first-order valence-corrected chi connectivity index (χ1v) is 8.94. The van der Waals surface area contributed by atoms with E-state index in [1.807, 2.05) is 59.5 Å². The molecular formula is C21H24Cl2N4O. The molecule has 1 amide bonds. The van der Waals surface area contributed by atoms with Gasteiger partial charge >= 0.3 is 0 Å². The zero-order chi connectivity index (χ0) is 17.9. The first-order chi connectivity index (χ1) is 12.7. The number of carbonyl (C=O) groups is 1. The van der Waals surface area contributed by atoms with Crippen molar-refractivity contribution in [1.82, 2.24) is 20.4 Å². The van der Waals surface area contributed by atoms with E-state index in [4.69, 9.17) is 0 Å². The number of hydrogen-bond donors (Lipinski definition) is 2. The minimum Gasteiger partial charge on any atom is -0.336 e. The van der Waals surface area contributed by atoms with E-state index >= 15 is 0 Å². The lowest BCUT2D eigenvalue weighted by Gasteiger charge is -2.32. The van der Waals surface area contributed by atoms with Gasteiger partial charge in [0.1, 0.15) is 0 Å². The molecule has 7 heteroatoms. The van der Waals surface area contributed by atoms with Crippen LogP contribution in [0.5, 0.6) is 0 Å². The summed E-state index contributed by atoms with van der Waals surface area (Å²) in [6.07, 6.45) is 4.01. The van der Waals surface area contributed by atoms with Crippen LogP contribution in [0.15, 0.2) is 48.5 Å². The number of halogens is 2. The number of nitrogens with one attached hydrogen (secondary N) is 2. The van der Waals surface area contributed by atoms with Crippen molar-refractivity contribution in [2.75, 3.05) is 19.6 Å². The Hall–Kier alpha value is -2.34. The van der Waals surface area contributed by atoms with Gasteiger partial charge < -0.3 is 10.2 Å². The van der Waals surface area contributed by atoms with Crippen LogP contribution in [0, 0.1) is 0 Å². The van der Waals surface area contributed by atoms with Gasteiger partial charge in [0.2, 0.25) is 0 Å². The van der Waals surface area contributed by atoms with Gasteiger partial charge in [-0.1, -0.05) is 36.4 Å². The summed E-state index contributed by atoms with van der Waals surface area (Å²) in [4.78, 5) is 14.5. The fraction of sp³-hybridized carbons (Fsp3) is 0.238. The van der Waals surface area contributed by atoms with E-state index in [-0.39, 0.29) is 30.7 Å². The Morgan fingerprint density at radius 3 is 2.61 bits per heavy atom. The van der Waals surface area contributed by atoms with Gasteiger partial charge in [-0.05, 0) is 36.8 Å². The Kier molecular flexibility index (Phi) is 7.63. The number of piperazine rings is 1. The largest absolute Gasteiger partial charge is 0.336 e. The highest BCUT2D eigenvalue weighted by Crippen LogP contribution is 2.18. The Labute approximate surface area is 177 Å². The van der Waals surface area contributed by atoms with Crippen LogP contribution in [0.2, 0.25) is 0 Å². The van der Waals surface area contributed by atoms with Gasteiger partial charge in [-0.2, -0.15) is 5.10 Å². The standard InChI is InChI=1S/C21H22N4O.2ClH/c1-15-14-25(13-12-22-15)21(26)17-9-6-16(7-10-17)8-11-20-18-4-2-3-5-19(18)23-24-20;;/h2-11,15,22H,12-14H2,1H3,(H,23,24);2*1H/b11-8+;;/t15-;;/m1../s1. The van der Waals surface area contributed by atoms with E-state index in [1.54, 1.807) is 0 Å². The Morgan fingerprint density at radius 2 is 1.86 bits per heavy atom. The van der Waals surface area contributed by atoms with E-state index in [0.29, 0.717) is 6.04 Å². The van der Waals surface area contributed by atoms with Gasteiger partial charge in [0, 0.05) is 36.6 Å². The lowest BCUT2D eigenvalue weighted by Crippen LogP contribution is -2.51. The predicted molar refractivity (Wildman–Crippen MR) is 119 cm³/mol. The number of aromatic nitrogens is 2. The van der Waals surface area contributed by atoms with E-state index in [2.05, 4.69) is 28.5 Å². The third-order valence-electron chi connectivity index (χ3n) is 4.75. The maximum absolute atomic E-state index is 12.6. The summed E-state index contributed by atoms with van der Waals surface area (Å²) in [5.41, 5.74) is 3.72. The monoisotopic (exact) mass is 418 g/mol. The number of amides is 1. The second-order valence-corrected chi connectivity index (χ2v) is 6.72. The van der Waals surface area contributed by atoms with Gasteiger partial charge in [-0.15, -0.1) is 24.8 Å². The fourth-order valence-electron chi connectivity index (χ4n) is 3.32. The minimum atomic E-state index is 0. The fourth-order valence-corrected chi connectivity index (χ4v) is 3.32. The quantitative estimate of drug-likeness (QED) is 0.675. The molecule has 0 radical (unpaired) electrons. The number of para-hydroxylation sites is 1. The number of fused-ring (bicyclic) bond motifs is 1. The summed E-state index contributed by atoms with van der Waals surface area (Å²) in [6, 6.07) is 16.2. The number of carbonyl (C=O) groups excluding carboxylic acids is 1. The van der Waals surface area contributed by atoms with Crippen molar-refractivity contribution in [3.63, 3.8) is 0 Å². The maximum Gasteiger partial charge on any atom is 0.253 e. The molecule has 28 heavy (non-hydrogen) atoms. The highest BCUT2D eigenvalue weighted by molar-refractivity contribution is 5.95. The molecule has 1 aliphatic rings.